The molecule has 1 atom stereocenters. The number of hydrogen-bond donors (Lipinski definition) is 0. The van der Waals surface area contributed by atoms with Gasteiger partial charge in [-0.05, 0) is 6.42 Å². The van der Waals surface area contributed by atoms with Gasteiger partial charge < -0.3 is 9.64 Å². The molecule has 0 bridgehead atoms. The molecule has 0 spiro atoms. The molecule has 4 heteroatoms. The Labute approximate surface area is 77.8 Å². The van der Waals surface area contributed by atoms with Crippen molar-refractivity contribution in [3.8, 4) is 0 Å². The summed E-state index contributed by atoms with van der Waals surface area (Å²) in [5.74, 6) is -0.0403. The van der Waals surface area contributed by atoms with Crippen LogP contribution in [0.15, 0.2) is 0 Å². The summed E-state index contributed by atoms with van der Waals surface area (Å²) in [6, 6.07) is 0. The van der Waals surface area contributed by atoms with Crippen molar-refractivity contribution in [2.45, 2.75) is 12.8 Å². The fraction of sp³-hybridized carbons (Fsp3) is 0.778. The van der Waals surface area contributed by atoms with Crippen molar-refractivity contribution >= 4 is 11.7 Å². The van der Waals surface area contributed by atoms with Crippen LogP contribution in [0.5, 0.6) is 0 Å². The van der Waals surface area contributed by atoms with Gasteiger partial charge in [0.15, 0.2) is 0 Å². The van der Waals surface area contributed by atoms with Gasteiger partial charge in [-0.2, -0.15) is 0 Å². The van der Waals surface area contributed by atoms with Crippen LogP contribution < -0.4 is 0 Å². The quantitative estimate of drug-likeness (QED) is 0.584. The highest BCUT2D eigenvalue weighted by Gasteiger charge is 2.29. The molecule has 13 heavy (non-hydrogen) atoms. The van der Waals surface area contributed by atoms with Crippen molar-refractivity contribution in [3.63, 3.8) is 0 Å². The van der Waals surface area contributed by atoms with Gasteiger partial charge in [0.25, 0.3) is 0 Å². The first-order valence-corrected chi connectivity index (χ1v) is 4.40. The number of nitrogens with zero attached hydrogens (tertiary/aromatic N) is 1. The van der Waals surface area contributed by atoms with Crippen LogP contribution in [0.1, 0.15) is 12.8 Å². The van der Waals surface area contributed by atoms with E-state index in [1.807, 2.05) is 0 Å². The number of Topliss-reactive ketones (excluding diaryl/α,β-unsaturated/α-hetero) is 1. The first kappa shape index (κ1) is 10.2. The van der Waals surface area contributed by atoms with Crippen molar-refractivity contribution < 1.29 is 14.3 Å². The van der Waals surface area contributed by atoms with Gasteiger partial charge in [0, 0.05) is 33.2 Å². The molecule has 1 unspecified atom stereocenters. The number of likely N-dealkylation sites (tertiary alicyclic amines) is 1. The van der Waals surface area contributed by atoms with E-state index in [1.54, 1.807) is 19.1 Å². The van der Waals surface area contributed by atoms with E-state index in [0.29, 0.717) is 19.6 Å². The highest BCUT2D eigenvalue weighted by Crippen LogP contribution is 2.15. The Morgan fingerprint density at radius 1 is 1.54 bits per heavy atom. The number of ether oxygens (including phenoxy) is 1. The summed E-state index contributed by atoms with van der Waals surface area (Å²) < 4.78 is 4.90. The zero-order valence-corrected chi connectivity index (χ0v) is 8.08. The average molecular weight is 185 g/mol. The smallest absolute Gasteiger partial charge is 0.229 e. The SMILES string of the molecule is COCCC1CN(C)C(=O)CC1=O. The van der Waals surface area contributed by atoms with E-state index < -0.39 is 0 Å². The molecule has 0 saturated carbocycles. The number of carbonyl (C=O) groups is 2. The van der Waals surface area contributed by atoms with Crippen LogP contribution in [0, 0.1) is 5.92 Å². The highest BCUT2D eigenvalue weighted by atomic mass is 16.5. The molecular weight excluding hydrogens is 170 g/mol. The van der Waals surface area contributed by atoms with Crippen LogP contribution in [-0.2, 0) is 14.3 Å². The fourth-order valence-corrected chi connectivity index (χ4v) is 1.47. The molecule has 1 saturated heterocycles. The van der Waals surface area contributed by atoms with E-state index in [2.05, 4.69) is 0 Å². The average Bonchev–Trinajstić information content (AvgIpc) is 2.09. The fourth-order valence-electron chi connectivity index (χ4n) is 1.47. The summed E-state index contributed by atoms with van der Waals surface area (Å²) >= 11 is 0. The van der Waals surface area contributed by atoms with E-state index in [1.165, 1.54) is 0 Å². The molecule has 0 aromatic carbocycles. The lowest BCUT2D eigenvalue weighted by Crippen LogP contribution is -2.42. The Hall–Kier alpha value is -0.900. The number of carbonyl (C=O) groups excluding carboxylic acids is 2. The third-order valence-electron chi connectivity index (χ3n) is 2.37. The lowest BCUT2D eigenvalue weighted by molar-refractivity contribution is -0.141. The number of amides is 1. The molecule has 1 aliphatic heterocycles. The van der Waals surface area contributed by atoms with E-state index in [0.717, 1.165) is 0 Å². The van der Waals surface area contributed by atoms with Crippen LogP contribution in [0.4, 0.5) is 0 Å². The second-order valence-corrected chi connectivity index (χ2v) is 3.40. The molecule has 0 aromatic rings. The van der Waals surface area contributed by atoms with Gasteiger partial charge in [-0.15, -0.1) is 0 Å². The summed E-state index contributed by atoms with van der Waals surface area (Å²) in [5, 5.41) is 0. The second kappa shape index (κ2) is 4.37. The number of rotatable bonds is 3. The minimum Gasteiger partial charge on any atom is -0.385 e. The molecule has 4 nitrogen and oxygen atoms in total. The van der Waals surface area contributed by atoms with Gasteiger partial charge >= 0.3 is 0 Å². The standard InChI is InChI=1S/C9H15NO3/c1-10-6-7(3-4-13-2)8(11)5-9(10)12/h7H,3-6H2,1-2H3. The number of piperidine rings is 1. The molecule has 0 N–H and O–H groups in total. The van der Waals surface area contributed by atoms with Gasteiger partial charge in [0.1, 0.15) is 5.78 Å². The van der Waals surface area contributed by atoms with Gasteiger partial charge in [0.05, 0.1) is 6.42 Å². The van der Waals surface area contributed by atoms with E-state index in [-0.39, 0.29) is 24.0 Å². The first-order valence-electron chi connectivity index (χ1n) is 4.40. The third-order valence-corrected chi connectivity index (χ3v) is 2.37. The summed E-state index contributed by atoms with van der Waals surface area (Å²) in [7, 11) is 3.34. The lowest BCUT2D eigenvalue weighted by atomic mass is 9.94. The van der Waals surface area contributed by atoms with Crippen LogP contribution >= 0.6 is 0 Å². The molecule has 1 heterocycles. The van der Waals surface area contributed by atoms with Crippen molar-refractivity contribution in [3.05, 3.63) is 0 Å². The molecule has 0 aliphatic carbocycles. The van der Waals surface area contributed by atoms with Crippen LogP contribution in [0.3, 0.4) is 0 Å². The Morgan fingerprint density at radius 3 is 2.85 bits per heavy atom. The Kier molecular flexibility index (Phi) is 3.42. The Bertz CT molecular complexity index is 215. The topological polar surface area (TPSA) is 46.6 Å². The third kappa shape index (κ3) is 2.52. The maximum atomic E-state index is 11.4. The summed E-state index contributed by atoms with van der Waals surface area (Å²) in [5.41, 5.74) is 0. The normalized spacial score (nSPS) is 23.8. The van der Waals surface area contributed by atoms with Crippen molar-refractivity contribution in [2.24, 2.45) is 5.92 Å². The van der Waals surface area contributed by atoms with E-state index >= 15 is 0 Å². The maximum absolute atomic E-state index is 11.4. The summed E-state index contributed by atoms with van der Waals surface area (Å²) in [6.07, 6.45) is 0.776. The minimum atomic E-state index is -0.0707. The van der Waals surface area contributed by atoms with Crippen molar-refractivity contribution in [2.75, 3.05) is 27.3 Å². The molecule has 74 valence electrons. The van der Waals surface area contributed by atoms with Crippen molar-refractivity contribution in [1.29, 1.82) is 0 Å². The highest BCUT2D eigenvalue weighted by molar-refractivity contribution is 6.01. The molecule has 0 radical (unpaired) electrons. The van der Waals surface area contributed by atoms with Crippen LogP contribution in [-0.4, -0.2) is 43.9 Å². The second-order valence-electron chi connectivity index (χ2n) is 3.40. The predicted molar refractivity (Wildman–Crippen MR) is 47.2 cm³/mol. The van der Waals surface area contributed by atoms with Crippen LogP contribution in [0.25, 0.3) is 0 Å². The van der Waals surface area contributed by atoms with Crippen molar-refractivity contribution in [1.82, 2.24) is 4.90 Å². The molecule has 1 rings (SSSR count). The van der Waals surface area contributed by atoms with E-state index in [9.17, 15) is 9.59 Å². The first-order chi connectivity index (χ1) is 6.15. The molecular formula is C9H15NO3. The molecule has 1 aliphatic rings. The zero-order chi connectivity index (χ0) is 9.84. The molecule has 1 amide bonds. The zero-order valence-electron chi connectivity index (χ0n) is 8.08. The molecule has 0 aromatic heterocycles. The number of ketones is 1. The lowest BCUT2D eigenvalue weighted by Gasteiger charge is -2.28. The van der Waals surface area contributed by atoms with E-state index in [4.69, 9.17) is 4.74 Å². The van der Waals surface area contributed by atoms with Gasteiger partial charge in [0.2, 0.25) is 5.91 Å². The summed E-state index contributed by atoms with van der Waals surface area (Å²) in [4.78, 5) is 24.1. The summed E-state index contributed by atoms with van der Waals surface area (Å²) in [6.45, 7) is 1.12. The predicted octanol–water partition coefficient (Wildman–Crippen LogP) is 0.0703. The monoisotopic (exact) mass is 185 g/mol. The largest absolute Gasteiger partial charge is 0.385 e. The minimum absolute atomic E-state index is 0.0253. The number of hydrogen-bond acceptors (Lipinski definition) is 3. The maximum Gasteiger partial charge on any atom is 0.229 e. The number of methoxy groups -OCH3 is 1. The van der Waals surface area contributed by atoms with Gasteiger partial charge in [-0.25, -0.2) is 0 Å². The molecule has 1 fully saturated rings. The van der Waals surface area contributed by atoms with Crippen LogP contribution in [0.2, 0.25) is 0 Å². The Balaban J connectivity index is 2.46. The van der Waals surface area contributed by atoms with Gasteiger partial charge in [-0.3, -0.25) is 9.59 Å². The Morgan fingerprint density at radius 2 is 2.23 bits per heavy atom. The van der Waals surface area contributed by atoms with Gasteiger partial charge in [-0.1, -0.05) is 0 Å².